The number of amides is 1. The van der Waals surface area contributed by atoms with Gasteiger partial charge in [-0.2, -0.15) is 0 Å². The molecule has 1 aromatic carbocycles. The fourth-order valence-corrected chi connectivity index (χ4v) is 2.67. The van der Waals surface area contributed by atoms with E-state index in [1.807, 2.05) is 6.07 Å². The summed E-state index contributed by atoms with van der Waals surface area (Å²) < 4.78 is 18.1. The summed E-state index contributed by atoms with van der Waals surface area (Å²) in [5, 5.41) is 3.00. The summed E-state index contributed by atoms with van der Waals surface area (Å²) >= 11 is 0. The van der Waals surface area contributed by atoms with Crippen molar-refractivity contribution < 1.29 is 13.9 Å². The number of carbonyl (C=O) groups is 1. The number of halogens is 1. The lowest BCUT2D eigenvalue weighted by molar-refractivity contribution is -0.122. The first-order valence-corrected chi connectivity index (χ1v) is 6.40. The number of hydrogen-bond donors (Lipinski definition) is 1. The number of ether oxygens (including phenoxy) is 1. The van der Waals surface area contributed by atoms with E-state index < -0.39 is 0 Å². The second-order valence-electron chi connectivity index (χ2n) is 5.09. The molecule has 0 radical (unpaired) electrons. The smallest absolute Gasteiger partial charge is 0.251 e. The van der Waals surface area contributed by atoms with Gasteiger partial charge in [0.05, 0.1) is 6.61 Å². The summed E-state index contributed by atoms with van der Waals surface area (Å²) in [7, 11) is 0. The maximum absolute atomic E-state index is 13.2. The third kappa shape index (κ3) is 2.53. The van der Waals surface area contributed by atoms with E-state index in [2.05, 4.69) is 5.32 Å². The molecular weight excluding hydrogens is 233 g/mol. The Morgan fingerprint density at radius 3 is 2.94 bits per heavy atom. The van der Waals surface area contributed by atoms with Crippen LogP contribution in [0.25, 0.3) is 0 Å². The summed E-state index contributed by atoms with van der Waals surface area (Å²) in [5.41, 5.74) is 1.04. The molecule has 4 heteroatoms. The van der Waals surface area contributed by atoms with Crippen molar-refractivity contribution in [1.82, 2.24) is 5.32 Å². The van der Waals surface area contributed by atoms with Crippen LogP contribution in [0.4, 0.5) is 4.39 Å². The number of hydrogen-bond acceptors (Lipinski definition) is 2. The second-order valence-corrected chi connectivity index (χ2v) is 5.09. The van der Waals surface area contributed by atoms with Gasteiger partial charge in [0.1, 0.15) is 5.82 Å². The van der Waals surface area contributed by atoms with Crippen molar-refractivity contribution in [3.05, 3.63) is 35.6 Å². The lowest BCUT2D eigenvalue weighted by atomic mass is 9.97. The minimum Gasteiger partial charge on any atom is -0.363 e. The minimum absolute atomic E-state index is 0.0000998. The van der Waals surface area contributed by atoms with Crippen molar-refractivity contribution in [3.63, 3.8) is 0 Å². The van der Waals surface area contributed by atoms with Gasteiger partial charge < -0.3 is 10.1 Å². The molecule has 18 heavy (non-hydrogen) atoms. The number of rotatable bonds is 3. The van der Waals surface area contributed by atoms with E-state index in [1.165, 1.54) is 6.07 Å². The van der Waals surface area contributed by atoms with E-state index in [4.69, 9.17) is 4.74 Å². The molecule has 3 atom stereocenters. The van der Waals surface area contributed by atoms with Gasteiger partial charge in [0.2, 0.25) is 0 Å². The van der Waals surface area contributed by atoms with Crippen LogP contribution in [0, 0.1) is 5.82 Å². The summed E-state index contributed by atoms with van der Waals surface area (Å²) in [4.78, 5) is 11.6. The molecule has 3 nitrogen and oxygen atoms in total. The summed E-state index contributed by atoms with van der Waals surface area (Å²) in [6.45, 7) is 0.547. The molecule has 0 aromatic heterocycles. The highest BCUT2D eigenvalue weighted by atomic mass is 19.1. The standard InChI is InChI=1S/C14H16FNO2/c15-11-3-1-2-9(6-11)10-4-5-12(7-10)16-14(17)13-8-18-13/h1-3,6,10,12-13H,4-5,7-8H2,(H,16,17). The number of carbonyl (C=O) groups excluding carboxylic acids is 1. The molecule has 2 fully saturated rings. The maximum atomic E-state index is 13.2. The van der Waals surface area contributed by atoms with E-state index in [1.54, 1.807) is 12.1 Å². The molecule has 0 spiro atoms. The predicted molar refractivity (Wildman–Crippen MR) is 64.7 cm³/mol. The van der Waals surface area contributed by atoms with Gasteiger partial charge >= 0.3 is 0 Å². The van der Waals surface area contributed by atoms with Gasteiger partial charge in [-0.3, -0.25) is 4.79 Å². The van der Waals surface area contributed by atoms with Crippen molar-refractivity contribution in [3.8, 4) is 0 Å². The number of epoxide rings is 1. The molecule has 2 aliphatic rings. The Bertz CT molecular complexity index is 459. The third-order valence-corrected chi connectivity index (χ3v) is 3.72. The zero-order chi connectivity index (χ0) is 12.5. The summed E-state index contributed by atoms with van der Waals surface area (Å²) in [5.74, 6) is 0.164. The van der Waals surface area contributed by atoms with Gasteiger partial charge in [-0.25, -0.2) is 4.39 Å². The topological polar surface area (TPSA) is 41.6 Å². The summed E-state index contributed by atoms with van der Waals surface area (Å²) in [6, 6.07) is 6.97. The minimum atomic E-state index is -0.224. The monoisotopic (exact) mass is 249 g/mol. The van der Waals surface area contributed by atoms with Crippen molar-refractivity contribution in [2.75, 3.05) is 6.61 Å². The molecule has 0 bridgehead atoms. The maximum Gasteiger partial charge on any atom is 0.251 e. The number of benzene rings is 1. The first-order chi connectivity index (χ1) is 8.72. The van der Waals surface area contributed by atoms with E-state index in [0.717, 1.165) is 24.8 Å². The van der Waals surface area contributed by atoms with Gasteiger partial charge in [-0.15, -0.1) is 0 Å². The van der Waals surface area contributed by atoms with Crippen LogP contribution < -0.4 is 5.32 Å². The van der Waals surface area contributed by atoms with E-state index >= 15 is 0 Å². The molecule has 1 aromatic rings. The van der Waals surface area contributed by atoms with Crippen LogP contribution in [0.2, 0.25) is 0 Å². The highest BCUT2D eigenvalue weighted by Crippen LogP contribution is 2.34. The molecule has 96 valence electrons. The van der Waals surface area contributed by atoms with Gasteiger partial charge in [0.15, 0.2) is 6.10 Å². The van der Waals surface area contributed by atoms with Crippen LogP contribution in [0.3, 0.4) is 0 Å². The fraction of sp³-hybridized carbons (Fsp3) is 0.500. The Kier molecular flexibility index (Phi) is 3.04. The van der Waals surface area contributed by atoms with Gasteiger partial charge in [-0.05, 0) is 42.9 Å². The molecular formula is C14H16FNO2. The Balaban J connectivity index is 1.59. The normalized spacial score (nSPS) is 30.2. The van der Waals surface area contributed by atoms with Crippen molar-refractivity contribution in [2.45, 2.75) is 37.3 Å². The molecule has 1 amide bonds. The Hall–Kier alpha value is -1.42. The van der Waals surface area contributed by atoms with Crippen LogP contribution >= 0.6 is 0 Å². The number of nitrogens with one attached hydrogen (secondary N) is 1. The molecule has 1 saturated heterocycles. The Morgan fingerprint density at radius 2 is 2.22 bits per heavy atom. The third-order valence-electron chi connectivity index (χ3n) is 3.72. The zero-order valence-corrected chi connectivity index (χ0v) is 10.1. The SMILES string of the molecule is O=C(NC1CCC(c2cccc(F)c2)C1)C1CO1. The fourth-order valence-electron chi connectivity index (χ4n) is 2.67. The van der Waals surface area contributed by atoms with E-state index in [-0.39, 0.29) is 23.9 Å². The molecule has 3 unspecified atom stereocenters. The molecule has 1 aliphatic heterocycles. The average Bonchev–Trinajstić information content (AvgIpc) is 3.10. The van der Waals surface area contributed by atoms with Gasteiger partial charge in [0.25, 0.3) is 5.91 Å². The molecule has 1 N–H and O–H groups in total. The van der Waals surface area contributed by atoms with Crippen LogP contribution in [0.1, 0.15) is 30.7 Å². The largest absolute Gasteiger partial charge is 0.363 e. The first-order valence-electron chi connectivity index (χ1n) is 6.40. The van der Waals surface area contributed by atoms with Crippen LogP contribution in [-0.4, -0.2) is 24.7 Å². The first kappa shape index (κ1) is 11.7. The lowest BCUT2D eigenvalue weighted by Gasteiger charge is -2.13. The van der Waals surface area contributed by atoms with Gasteiger partial charge in [-0.1, -0.05) is 12.1 Å². The highest BCUT2D eigenvalue weighted by molar-refractivity contribution is 5.83. The van der Waals surface area contributed by atoms with E-state index in [9.17, 15) is 9.18 Å². The summed E-state index contributed by atoms with van der Waals surface area (Å²) in [6.07, 6.45) is 2.62. The molecule has 1 aliphatic carbocycles. The van der Waals surface area contributed by atoms with Crippen LogP contribution in [-0.2, 0) is 9.53 Å². The van der Waals surface area contributed by atoms with Crippen molar-refractivity contribution in [1.29, 1.82) is 0 Å². The second kappa shape index (κ2) is 4.69. The van der Waals surface area contributed by atoms with Crippen molar-refractivity contribution >= 4 is 5.91 Å². The molecule has 3 rings (SSSR count). The Labute approximate surface area is 105 Å². The average molecular weight is 249 g/mol. The molecule has 1 heterocycles. The highest BCUT2D eigenvalue weighted by Gasteiger charge is 2.34. The van der Waals surface area contributed by atoms with Crippen molar-refractivity contribution in [2.24, 2.45) is 0 Å². The van der Waals surface area contributed by atoms with E-state index in [0.29, 0.717) is 12.5 Å². The quantitative estimate of drug-likeness (QED) is 0.832. The predicted octanol–water partition coefficient (Wildman–Crippen LogP) is 1.98. The van der Waals surface area contributed by atoms with Crippen LogP contribution in [0.15, 0.2) is 24.3 Å². The van der Waals surface area contributed by atoms with Crippen LogP contribution in [0.5, 0.6) is 0 Å². The zero-order valence-electron chi connectivity index (χ0n) is 10.1. The Morgan fingerprint density at radius 1 is 1.39 bits per heavy atom. The molecule has 1 saturated carbocycles. The lowest BCUT2D eigenvalue weighted by Crippen LogP contribution is -2.35. The van der Waals surface area contributed by atoms with Gasteiger partial charge in [0, 0.05) is 6.04 Å².